The molecule has 0 saturated heterocycles. The second-order valence-corrected chi connectivity index (χ2v) is 6.32. The van der Waals surface area contributed by atoms with E-state index in [0.29, 0.717) is 5.76 Å². The maximum Gasteiger partial charge on any atom is 0.229 e. The number of carbonyl (C=O) groups excluding carboxylic acids is 1. The normalized spacial score (nSPS) is 11.5. The first kappa shape index (κ1) is 15.3. The number of nitrogens with zero attached hydrogens (tertiary/aromatic N) is 1. The highest BCUT2D eigenvalue weighted by Crippen LogP contribution is 2.29. The molecular formula is C17H22N2O2. The van der Waals surface area contributed by atoms with Gasteiger partial charge in [-0.1, -0.05) is 44.1 Å². The third-order valence-electron chi connectivity index (χ3n) is 3.53. The van der Waals surface area contributed by atoms with Gasteiger partial charge in [0, 0.05) is 11.3 Å². The van der Waals surface area contributed by atoms with Gasteiger partial charge in [-0.25, -0.2) is 0 Å². The molecule has 0 spiro atoms. The fourth-order valence-electron chi connectivity index (χ4n) is 2.36. The molecule has 0 bridgehead atoms. The van der Waals surface area contributed by atoms with Crippen LogP contribution in [0, 0.1) is 13.8 Å². The van der Waals surface area contributed by atoms with Crippen molar-refractivity contribution in [3.63, 3.8) is 0 Å². The molecule has 1 N–H and O–H groups in total. The highest BCUT2D eigenvalue weighted by atomic mass is 16.5. The average molecular weight is 286 g/mol. The zero-order valence-electron chi connectivity index (χ0n) is 13.3. The van der Waals surface area contributed by atoms with Crippen LogP contribution in [0.25, 0.3) is 0 Å². The van der Waals surface area contributed by atoms with Gasteiger partial charge in [-0.2, -0.15) is 0 Å². The standard InChI is InChI=1S/C17H22N2O2/c1-11-13(12(2)21-19-11)10-16(20)18-15-9-7-6-8-14(15)17(3,4)5/h6-9H,10H2,1-5H3,(H,18,20). The first-order valence-corrected chi connectivity index (χ1v) is 7.10. The van der Waals surface area contributed by atoms with Gasteiger partial charge in [-0.05, 0) is 30.9 Å². The molecule has 2 aromatic rings. The number of aromatic nitrogens is 1. The van der Waals surface area contributed by atoms with Crippen LogP contribution >= 0.6 is 0 Å². The van der Waals surface area contributed by atoms with Gasteiger partial charge in [0.2, 0.25) is 5.91 Å². The van der Waals surface area contributed by atoms with Crippen LogP contribution in [-0.2, 0) is 16.6 Å². The Hall–Kier alpha value is -2.10. The average Bonchev–Trinajstić information content (AvgIpc) is 2.70. The van der Waals surface area contributed by atoms with Crippen LogP contribution in [0.15, 0.2) is 28.8 Å². The van der Waals surface area contributed by atoms with Crippen LogP contribution in [-0.4, -0.2) is 11.1 Å². The van der Waals surface area contributed by atoms with E-state index >= 15 is 0 Å². The van der Waals surface area contributed by atoms with Gasteiger partial charge >= 0.3 is 0 Å². The number of para-hydroxylation sites is 1. The first-order chi connectivity index (χ1) is 9.79. The summed E-state index contributed by atoms with van der Waals surface area (Å²) in [5.41, 5.74) is 3.60. The molecule has 112 valence electrons. The van der Waals surface area contributed by atoms with Crippen molar-refractivity contribution in [3.8, 4) is 0 Å². The molecule has 0 radical (unpaired) electrons. The van der Waals surface area contributed by atoms with Crippen molar-refractivity contribution < 1.29 is 9.32 Å². The summed E-state index contributed by atoms with van der Waals surface area (Å²) in [6.45, 7) is 10.1. The van der Waals surface area contributed by atoms with E-state index in [2.05, 4.69) is 31.2 Å². The van der Waals surface area contributed by atoms with Gasteiger partial charge in [-0.15, -0.1) is 0 Å². The molecule has 0 aliphatic carbocycles. The van der Waals surface area contributed by atoms with Crippen molar-refractivity contribution in [2.24, 2.45) is 0 Å². The summed E-state index contributed by atoms with van der Waals surface area (Å²) >= 11 is 0. The highest BCUT2D eigenvalue weighted by Gasteiger charge is 2.19. The lowest BCUT2D eigenvalue weighted by Crippen LogP contribution is -2.20. The van der Waals surface area contributed by atoms with E-state index in [4.69, 9.17) is 4.52 Å². The Bertz CT molecular complexity index is 632. The zero-order chi connectivity index (χ0) is 15.6. The molecule has 0 aliphatic rings. The van der Waals surface area contributed by atoms with Crippen molar-refractivity contribution in [1.29, 1.82) is 0 Å². The summed E-state index contributed by atoms with van der Waals surface area (Å²) in [5, 5.41) is 6.88. The largest absolute Gasteiger partial charge is 0.361 e. The maximum absolute atomic E-state index is 12.3. The predicted molar refractivity (Wildman–Crippen MR) is 83.5 cm³/mol. The summed E-state index contributed by atoms with van der Waals surface area (Å²) in [6, 6.07) is 7.91. The minimum absolute atomic E-state index is 0.0209. The Balaban J connectivity index is 2.18. The minimum Gasteiger partial charge on any atom is -0.361 e. The quantitative estimate of drug-likeness (QED) is 0.934. The fraction of sp³-hybridized carbons (Fsp3) is 0.412. The molecule has 0 atom stereocenters. The van der Waals surface area contributed by atoms with Crippen molar-refractivity contribution >= 4 is 11.6 Å². The molecule has 1 aromatic heterocycles. The van der Waals surface area contributed by atoms with Crippen LogP contribution in [0.4, 0.5) is 5.69 Å². The third-order valence-corrected chi connectivity index (χ3v) is 3.53. The van der Waals surface area contributed by atoms with E-state index in [9.17, 15) is 4.79 Å². The Labute approximate surface area is 125 Å². The molecule has 4 heteroatoms. The Morgan fingerprint density at radius 1 is 1.24 bits per heavy atom. The number of amides is 1. The Morgan fingerprint density at radius 2 is 1.90 bits per heavy atom. The Kier molecular flexibility index (Phi) is 4.16. The number of rotatable bonds is 3. The first-order valence-electron chi connectivity index (χ1n) is 7.10. The van der Waals surface area contributed by atoms with Crippen molar-refractivity contribution in [2.75, 3.05) is 5.32 Å². The zero-order valence-corrected chi connectivity index (χ0v) is 13.3. The lowest BCUT2D eigenvalue weighted by Gasteiger charge is -2.23. The summed E-state index contributed by atoms with van der Waals surface area (Å²) < 4.78 is 5.09. The van der Waals surface area contributed by atoms with Gasteiger partial charge < -0.3 is 9.84 Å². The molecule has 1 heterocycles. The number of benzene rings is 1. The number of nitrogens with one attached hydrogen (secondary N) is 1. The van der Waals surface area contributed by atoms with Crippen molar-refractivity contribution in [1.82, 2.24) is 5.16 Å². The number of carbonyl (C=O) groups is 1. The molecule has 0 unspecified atom stereocenters. The lowest BCUT2D eigenvalue weighted by atomic mass is 9.86. The van der Waals surface area contributed by atoms with Crippen LogP contribution in [0.5, 0.6) is 0 Å². The van der Waals surface area contributed by atoms with Crippen LogP contribution < -0.4 is 5.32 Å². The Morgan fingerprint density at radius 3 is 2.48 bits per heavy atom. The number of anilines is 1. The van der Waals surface area contributed by atoms with Crippen molar-refractivity contribution in [2.45, 2.75) is 46.5 Å². The van der Waals surface area contributed by atoms with E-state index < -0.39 is 0 Å². The van der Waals surface area contributed by atoms with E-state index in [1.54, 1.807) is 0 Å². The molecule has 21 heavy (non-hydrogen) atoms. The second kappa shape index (κ2) is 5.72. The highest BCUT2D eigenvalue weighted by molar-refractivity contribution is 5.93. The number of hydrogen-bond donors (Lipinski definition) is 1. The van der Waals surface area contributed by atoms with E-state index in [1.165, 1.54) is 0 Å². The monoisotopic (exact) mass is 286 g/mol. The van der Waals surface area contributed by atoms with E-state index in [-0.39, 0.29) is 17.7 Å². The minimum atomic E-state index is -0.0545. The van der Waals surface area contributed by atoms with Gasteiger partial charge in [0.05, 0.1) is 12.1 Å². The molecule has 0 fully saturated rings. The SMILES string of the molecule is Cc1noc(C)c1CC(=O)Nc1ccccc1C(C)(C)C. The third kappa shape index (κ3) is 3.51. The van der Waals surface area contributed by atoms with Crippen LogP contribution in [0.2, 0.25) is 0 Å². The van der Waals surface area contributed by atoms with Crippen molar-refractivity contribution in [3.05, 3.63) is 46.8 Å². The predicted octanol–water partition coefficient (Wildman–Crippen LogP) is 3.77. The van der Waals surface area contributed by atoms with Crippen LogP contribution in [0.1, 0.15) is 43.4 Å². The fourth-order valence-corrected chi connectivity index (χ4v) is 2.36. The molecular weight excluding hydrogens is 264 g/mol. The topological polar surface area (TPSA) is 55.1 Å². The lowest BCUT2D eigenvalue weighted by molar-refractivity contribution is -0.115. The van der Waals surface area contributed by atoms with Gasteiger partial charge in [-0.3, -0.25) is 4.79 Å². The van der Waals surface area contributed by atoms with E-state index in [1.807, 2.05) is 38.1 Å². The number of hydrogen-bond acceptors (Lipinski definition) is 3. The van der Waals surface area contributed by atoms with E-state index in [0.717, 1.165) is 22.5 Å². The molecule has 0 saturated carbocycles. The molecule has 0 aliphatic heterocycles. The molecule has 2 rings (SSSR count). The summed E-state index contributed by atoms with van der Waals surface area (Å²) in [6.07, 6.45) is 0.277. The number of aryl methyl sites for hydroxylation is 2. The molecule has 1 aromatic carbocycles. The summed E-state index contributed by atoms with van der Waals surface area (Å²) in [7, 11) is 0. The van der Waals surface area contributed by atoms with Gasteiger partial charge in [0.1, 0.15) is 5.76 Å². The van der Waals surface area contributed by atoms with Gasteiger partial charge in [0.15, 0.2) is 0 Å². The maximum atomic E-state index is 12.3. The second-order valence-electron chi connectivity index (χ2n) is 6.32. The summed E-state index contributed by atoms with van der Waals surface area (Å²) in [5.74, 6) is 0.646. The summed E-state index contributed by atoms with van der Waals surface area (Å²) in [4.78, 5) is 12.3. The molecule has 1 amide bonds. The van der Waals surface area contributed by atoms with Crippen LogP contribution in [0.3, 0.4) is 0 Å². The smallest absolute Gasteiger partial charge is 0.229 e. The van der Waals surface area contributed by atoms with Gasteiger partial charge in [0.25, 0.3) is 0 Å². The molecule has 4 nitrogen and oxygen atoms in total.